The minimum Gasteiger partial charge on any atom is -0.490 e. The molecule has 1 rings (SSSR count). The Kier molecular flexibility index (Phi) is 13.5. The zero-order valence-electron chi connectivity index (χ0n) is 18.8. The van der Waals surface area contributed by atoms with Gasteiger partial charge in [0.05, 0.1) is 18.1 Å². The molecule has 0 bridgehead atoms. The molecule has 0 atom stereocenters. The number of unbranched alkanes of at least 4 members (excludes halogenated alkanes) is 7. The van der Waals surface area contributed by atoms with Crippen LogP contribution in [0.15, 0.2) is 30.5 Å². The normalized spacial score (nSPS) is 10.4. The lowest BCUT2D eigenvalue weighted by Gasteiger charge is -2.14. The molecule has 0 saturated heterocycles. The molecule has 174 valence electrons. The first-order chi connectivity index (χ1) is 15.0. The van der Waals surface area contributed by atoms with Crippen molar-refractivity contribution in [2.75, 3.05) is 31.7 Å². The predicted octanol–water partition coefficient (Wildman–Crippen LogP) is 5.35. The van der Waals surface area contributed by atoms with Crippen LogP contribution in [0.5, 0.6) is 11.5 Å². The monoisotopic (exact) mass is 436 g/mol. The van der Waals surface area contributed by atoms with Crippen LogP contribution in [-0.4, -0.2) is 37.3 Å². The molecule has 1 aromatic carbocycles. The van der Waals surface area contributed by atoms with Gasteiger partial charge in [0.1, 0.15) is 6.61 Å². The van der Waals surface area contributed by atoms with Crippen molar-refractivity contribution in [3.8, 4) is 11.5 Å². The highest BCUT2D eigenvalue weighted by Gasteiger charge is 2.19. The molecule has 0 unspecified atom stereocenters. The van der Waals surface area contributed by atoms with Gasteiger partial charge < -0.3 is 19.5 Å². The van der Waals surface area contributed by atoms with Crippen molar-refractivity contribution >= 4 is 11.7 Å². The van der Waals surface area contributed by atoms with Crippen LogP contribution < -0.4 is 14.8 Å². The third-order valence-corrected chi connectivity index (χ3v) is 4.62. The number of hydrogen-bond acceptors (Lipinski definition) is 7. The molecule has 0 amide bonds. The molecule has 0 aliphatic heterocycles. The number of rotatable bonds is 18. The maximum atomic E-state index is 11.4. The van der Waals surface area contributed by atoms with E-state index >= 15 is 0 Å². The molecule has 31 heavy (non-hydrogen) atoms. The molecule has 0 saturated carbocycles. The first-order valence-electron chi connectivity index (χ1n) is 11.1. The highest BCUT2D eigenvalue weighted by Crippen LogP contribution is 2.30. The van der Waals surface area contributed by atoms with Crippen LogP contribution in [0.25, 0.3) is 0 Å². The summed E-state index contributed by atoms with van der Waals surface area (Å²) in [5.74, 6) is 0.307. The summed E-state index contributed by atoms with van der Waals surface area (Å²) in [7, 11) is 0. The second-order valence-electron chi connectivity index (χ2n) is 7.18. The van der Waals surface area contributed by atoms with E-state index in [2.05, 4.69) is 18.8 Å². The summed E-state index contributed by atoms with van der Waals surface area (Å²) in [4.78, 5) is 21.0. The fourth-order valence-corrected chi connectivity index (χ4v) is 2.92. The van der Waals surface area contributed by atoms with Gasteiger partial charge in [0.25, 0.3) is 0 Å². The number of esters is 1. The molecule has 1 N–H and O–H groups in total. The maximum Gasteiger partial charge on any atom is 0.409 e. The highest BCUT2D eigenvalue weighted by atomic mass is 16.6. The lowest BCUT2D eigenvalue weighted by Crippen LogP contribution is -2.18. The molecule has 1 aromatic rings. The largest absolute Gasteiger partial charge is 0.490 e. The van der Waals surface area contributed by atoms with E-state index in [4.69, 9.17) is 14.2 Å². The zero-order valence-corrected chi connectivity index (χ0v) is 18.8. The average molecular weight is 437 g/mol. The van der Waals surface area contributed by atoms with Gasteiger partial charge in [-0.05, 0) is 32.1 Å². The molecule has 0 aromatic heterocycles. The van der Waals surface area contributed by atoms with Crippen LogP contribution in [0, 0.1) is 10.1 Å². The van der Waals surface area contributed by atoms with Crippen LogP contribution in [-0.2, 0) is 9.53 Å². The number of nitro groups is 1. The number of anilines is 1. The van der Waals surface area contributed by atoms with Crippen LogP contribution >= 0.6 is 0 Å². The van der Waals surface area contributed by atoms with Gasteiger partial charge in [-0.2, -0.15) is 0 Å². The summed E-state index contributed by atoms with van der Waals surface area (Å²) in [6.45, 7) is 8.63. The molecule has 8 nitrogen and oxygen atoms in total. The SMILES string of the molecule is C=C(C(=O)OCCNc1ccc(OCCCCCCCCCC)c(OCC)c1)[N+](=O)[O-]. The van der Waals surface area contributed by atoms with E-state index in [9.17, 15) is 14.9 Å². The number of hydrogen-bond donors (Lipinski definition) is 1. The second-order valence-corrected chi connectivity index (χ2v) is 7.18. The van der Waals surface area contributed by atoms with Gasteiger partial charge >= 0.3 is 11.7 Å². The zero-order chi connectivity index (χ0) is 22.9. The van der Waals surface area contributed by atoms with Crippen molar-refractivity contribution in [2.45, 2.75) is 65.2 Å². The lowest BCUT2D eigenvalue weighted by atomic mass is 10.1. The minimum atomic E-state index is -1.04. The maximum absolute atomic E-state index is 11.4. The quantitative estimate of drug-likeness (QED) is 0.109. The van der Waals surface area contributed by atoms with Crippen molar-refractivity contribution in [2.24, 2.45) is 0 Å². The Morgan fingerprint density at radius 3 is 2.32 bits per heavy atom. The van der Waals surface area contributed by atoms with E-state index in [1.54, 1.807) is 0 Å². The van der Waals surface area contributed by atoms with Crippen molar-refractivity contribution in [3.05, 3.63) is 40.6 Å². The number of nitrogens with one attached hydrogen (secondary N) is 1. The smallest absolute Gasteiger partial charge is 0.409 e. The van der Waals surface area contributed by atoms with Crippen molar-refractivity contribution in [1.82, 2.24) is 0 Å². The van der Waals surface area contributed by atoms with Crippen molar-refractivity contribution in [3.63, 3.8) is 0 Å². The third kappa shape index (κ3) is 11.3. The van der Waals surface area contributed by atoms with E-state index in [0.717, 1.165) is 18.5 Å². The number of carbonyl (C=O) groups excluding carboxylic acids is 1. The Hall–Kier alpha value is -2.77. The van der Waals surface area contributed by atoms with Crippen LogP contribution in [0.1, 0.15) is 65.2 Å². The van der Waals surface area contributed by atoms with Gasteiger partial charge in [-0.3, -0.25) is 10.1 Å². The summed E-state index contributed by atoms with van der Waals surface area (Å²) >= 11 is 0. The lowest BCUT2D eigenvalue weighted by molar-refractivity contribution is -0.420. The summed E-state index contributed by atoms with van der Waals surface area (Å²) in [5.41, 5.74) is -0.0105. The van der Waals surface area contributed by atoms with E-state index in [0.29, 0.717) is 31.3 Å². The van der Waals surface area contributed by atoms with Gasteiger partial charge in [-0.15, -0.1) is 0 Å². The molecule has 0 aliphatic rings. The van der Waals surface area contributed by atoms with E-state index < -0.39 is 16.6 Å². The van der Waals surface area contributed by atoms with Gasteiger partial charge in [0.2, 0.25) is 0 Å². The molecule has 0 aliphatic carbocycles. The van der Waals surface area contributed by atoms with Gasteiger partial charge in [-0.1, -0.05) is 51.9 Å². The first kappa shape index (κ1) is 26.3. The third-order valence-electron chi connectivity index (χ3n) is 4.62. The number of nitrogens with zero attached hydrogens (tertiary/aromatic N) is 1. The number of benzene rings is 1. The first-order valence-corrected chi connectivity index (χ1v) is 11.1. The Balaban J connectivity index is 2.36. The fraction of sp³-hybridized carbons (Fsp3) is 0.609. The number of carbonyl (C=O) groups is 1. The van der Waals surface area contributed by atoms with E-state index in [1.807, 2.05) is 25.1 Å². The van der Waals surface area contributed by atoms with Crippen LogP contribution in [0.3, 0.4) is 0 Å². The highest BCUT2D eigenvalue weighted by molar-refractivity contribution is 5.84. The average Bonchev–Trinajstić information content (AvgIpc) is 2.76. The molecule has 0 heterocycles. The topological polar surface area (TPSA) is 99.9 Å². The fourth-order valence-electron chi connectivity index (χ4n) is 2.92. The summed E-state index contributed by atoms with van der Waals surface area (Å²) in [6.07, 6.45) is 9.98. The van der Waals surface area contributed by atoms with E-state index in [1.165, 1.54) is 38.5 Å². The molecule has 0 spiro atoms. The van der Waals surface area contributed by atoms with Crippen molar-refractivity contribution in [1.29, 1.82) is 0 Å². The molecule has 0 fully saturated rings. The second kappa shape index (κ2) is 16.0. The Labute approximate surface area is 185 Å². The van der Waals surface area contributed by atoms with Gasteiger partial charge in [0, 0.05) is 18.3 Å². The van der Waals surface area contributed by atoms with E-state index in [-0.39, 0.29) is 6.61 Å². The molecule has 0 radical (unpaired) electrons. The summed E-state index contributed by atoms with van der Waals surface area (Å²) in [6, 6.07) is 5.52. The molecular weight excluding hydrogens is 400 g/mol. The summed E-state index contributed by atoms with van der Waals surface area (Å²) in [5, 5.41) is 13.6. The van der Waals surface area contributed by atoms with Crippen molar-refractivity contribution < 1.29 is 23.9 Å². The predicted molar refractivity (Wildman–Crippen MR) is 121 cm³/mol. The molecule has 8 heteroatoms. The Bertz CT molecular complexity index is 693. The van der Waals surface area contributed by atoms with Gasteiger partial charge in [-0.25, -0.2) is 4.79 Å². The summed E-state index contributed by atoms with van der Waals surface area (Å²) < 4.78 is 16.4. The number of ether oxygens (including phenoxy) is 3. The Morgan fingerprint density at radius 2 is 1.68 bits per heavy atom. The van der Waals surface area contributed by atoms with Crippen LogP contribution in [0.2, 0.25) is 0 Å². The minimum absolute atomic E-state index is 0.0215. The van der Waals surface area contributed by atoms with Crippen LogP contribution in [0.4, 0.5) is 5.69 Å². The molecular formula is C23H36N2O6. The van der Waals surface area contributed by atoms with Gasteiger partial charge in [0.15, 0.2) is 11.5 Å². The Morgan fingerprint density at radius 1 is 1.00 bits per heavy atom. The standard InChI is InChI=1S/C23H36N2O6/c1-4-6-7-8-9-10-11-12-16-30-21-14-13-20(18-22(21)29-5-2)24-15-17-31-23(26)19(3)25(27)28/h13-14,18,24H,3-12,15-17H2,1-2H3.